The van der Waals surface area contributed by atoms with Gasteiger partial charge in [-0.2, -0.15) is 0 Å². The van der Waals surface area contributed by atoms with E-state index in [4.69, 9.17) is 0 Å². The van der Waals surface area contributed by atoms with Crippen LogP contribution in [0.5, 0.6) is 0 Å². The normalized spacial score (nSPS) is 19.9. The zero-order chi connectivity index (χ0) is 18.0. The third-order valence-corrected chi connectivity index (χ3v) is 5.75. The minimum absolute atomic E-state index is 0.116. The number of nitrogens with one attached hydrogen (secondary N) is 1. The van der Waals surface area contributed by atoms with Gasteiger partial charge < -0.3 is 5.32 Å². The van der Waals surface area contributed by atoms with Gasteiger partial charge >= 0.3 is 0 Å². The van der Waals surface area contributed by atoms with Gasteiger partial charge in [0, 0.05) is 25.7 Å². The van der Waals surface area contributed by atoms with Crippen LogP contribution >= 0.6 is 0 Å². The number of halogens is 1. The van der Waals surface area contributed by atoms with Crippen molar-refractivity contribution in [3.63, 3.8) is 0 Å². The number of nitrogens with zero attached hydrogens (tertiary/aromatic N) is 1. The highest BCUT2D eigenvalue weighted by Gasteiger charge is 2.51. The molecule has 1 saturated carbocycles. The van der Waals surface area contributed by atoms with Gasteiger partial charge in [-0.25, -0.2) is 4.39 Å². The van der Waals surface area contributed by atoms with Crippen LogP contribution in [0, 0.1) is 5.82 Å². The highest BCUT2D eigenvalue weighted by atomic mass is 19.1. The Labute approximate surface area is 154 Å². The van der Waals surface area contributed by atoms with Crippen molar-refractivity contribution >= 4 is 5.91 Å². The van der Waals surface area contributed by atoms with Gasteiger partial charge in [0.05, 0.1) is 5.41 Å². The van der Waals surface area contributed by atoms with Gasteiger partial charge in [0.15, 0.2) is 0 Å². The van der Waals surface area contributed by atoms with Crippen molar-refractivity contribution in [2.45, 2.75) is 43.7 Å². The fraction of sp³-hybridized carbons (Fsp3) is 0.409. The van der Waals surface area contributed by atoms with Crippen molar-refractivity contribution in [1.82, 2.24) is 10.2 Å². The number of hydrogen-bond acceptors (Lipinski definition) is 2. The summed E-state index contributed by atoms with van der Waals surface area (Å²) in [6.07, 6.45) is 3.69. The largest absolute Gasteiger partial charge is 0.353 e. The number of benzene rings is 2. The fourth-order valence-corrected chi connectivity index (χ4v) is 3.94. The molecule has 1 aliphatic carbocycles. The lowest BCUT2D eigenvalue weighted by atomic mass is 9.93. The predicted octanol–water partition coefficient (Wildman–Crippen LogP) is 3.64. The average molecular weight is 352 g/mol. The molecule has 1 amide bonds. The smallest absolute Gasteiger partial charge is 0.230 e. The molecule has 0 spiro atoms. The van der Waals surface area contributed by atoms with Gasteiger partial charge in [0.1, 0.15) is 5.82 Å². The summed E-state index contributed by atoms with van der Waals surface area (Å²) in [7, 11) is 0. The molecular weight excluding hydrogens is 327 g/mol. The van der Waals surface area contributed by atoms with Gasteiger partial charge in [-0.3, -0.25) is 9.69 Å². The van der Waals surface area contributed by atoms with Gasteiger partial charge in [-0.1, -0.05) is 42.5 Å². The number of piperidine rings is 1. The molecule has 0 aromatic heterocycles. The van der Waals surface area contributed by atoms with E-state index in [1.165, 1.54) is 17.7 Å². The van der Waals surface area contributed by atoms with Crippen molar-refractivity contribution in [2.75, 3.05) is 13.1 Å². The highest BCUT2D eigenvalue weighted by Crippen LogP contribution is 2.48. The van der Waals surface area contributed by atoms with Crippen molar-refractivity contribution < 1.29 is 9.18 Å². The molecule has 26 heavy (non-hydrogen) atoms. The SMILES string of the molecule is O=C(NC1CCN(Cc2ccccc2)CC1)C1(c2ccc(F)cc2)CC1. The maximum Gasteiger partial charge on any atom is 0.230 e. The Bertz CT molecular complexity index is 747. The summed E-state index contributed by atoms with van der Waals surface area (Å²) in [5.74, 6) is -0.138. The first-order valence-corrected chi connectivity index (χ1v) is 9.49. The van der Waals surface area contributed by atoms with Crippen LogP contribution in [0.25, 0.3) is 0 Å². The monoisotopic (exact) mass is 352 g/mol. The van der Waals surface area contributed by atoms with Gasteiger partial charge in [0.2, 0.25) is 5.91 Å². The summed E-state index contributed by atoms with van der Waals surface area (Å²) < 4.78 is 13.2. The van der Waals surface area contributed by atoms with Crippen LogP contribution in [0.1, 0.15) is 36.8 Å². The molecule has 4 heteroatoms. The van der Waals surface area contributed by atoms with Gasteiger partial charge in [0.25, 0.3) is 0 Å². The number of amides is 1. The second kappa shape index (κ2) is 7.20. The molecule has 1 N–H and O–H groups in total. The van der Waals surface area contributed by atoms with Crippen LogP contribution in [0.15, 0.2) is 54.6 Å². The molecule has 2 fully saturated rings. The van der Waals surface area contributed by atoms with Crippen molar-refractivity contribution in [2.24, 2.45) is 0 Å². The van der Waals surface area contributed by atoms with Crippen LogP contribution in [-0.2, 0) is 16.8 Å². The topological polar surface area (TPSA) is 32.3 Å². The summed E-state index contributed by atoms with van der Waals surface area (Å²) in [6.45, 7) is 2.98. The lowest BCUT2D eigenvalue weighted by Crippen LogP contribution is -2.47. The lowest BCUT2D eigenvalue weighted by molar-refractivity contribution is -0.124. The third kappa shape index (κ3) is 3.65. The molecule has 136 valence electrons. The van der Waals surface area contributed by atoms with Gasteiger partial charge in [-0.15, -0.1) is 0 Å². The minimum atomic E-state index is -0.422. The van der Waals surface area contributed by atoms with Crippen LogP contribution in [0.4, 0.5) is 4.39 Å². The molecule has 4 rings (SSSR count). The first kappa shape index (κ1) is 17.2. The highest BCUT2D eigenvalue weighted by molar-refractivity contribution is 5.91. The van der Waals surface area contributed by atoms with E-state index in [-0.39, 0.29) is 17.8 Å². The number of carbonyl (C=O) groups excluding carboxylic acids is 1. The zero-order valence-electron chi connectivity index (χ0n) is 15.0. The van der Waals surface area contributed by atoms with Crippen molar-refractivity contribution in [3.8, 4) is 0 Å². The van der Waals surface area contributed by atoms with Crippen molar-refractivity contribution in [3.05, 3.63) is 71.5 Å². The molecule has 1 heterocycles. The van der Waals surface area contributed by atoms with E-state index >= 15 is 0 Å². The second-order valence-corrected chi connectivity index (χ2v) is 7.60. The summed E-state index contributed by atoms with van der Waals surface area (Å²) >= 11 is 0. The maximum absolute atomic E-state index is 13.2. The predicted molar refractivity (Wildman–Crippen MR) is 100 cm³/mol. The lowest BCUT2D eigenvalue weighted by Gasteiger charge is -2.33. The third-order valence-electron chi connectivity index (χ3n) is 5.75. The molecule has 2 aromatic rings. The average Bonchev–Trinajstić information content (AvgIpc) is 3.47. The molecule has 2 aliphatic rings. The summed E-state index contributed by atoms with van der Waals surface area (Å²) in [4.78, 5) is 15.3. The van der Waals surface area contributed by atoms with Gasteiger partial charge in [-0.05, 0) is 48.9 Å². The molecule has 3 nitrogen and oxygen atoms in total. The Balaban J connectivity index is 1.30. The quantitative estimate of drug-likeness (QED) is 0.891. The van der Waals surface area contributed by atoms with Crippen molar-refractivity contribution in [1.29, 1.82) is 0 Å². The summed E-state index contributed by atoms with van der Waals surface area (Å²) in [5.41, 5.74) is 1.86. The molecule has 0 bridgehead atoms. The van der Waals surface area contributed by atoms with E-state index < -0.39 is 5.41 Å². The molecule has 1 aliphatic heterocycles. The number of carbonyl (C=O) groups is 1. The molecule has 0 atom stereocenters. The van der Waals surface area contributed by atoms with E-state index in [9.17, 15) is 9.18 Å². The van der Waals surface area contributed by atoms with E-state index in [0.29, 0.717) is 0 Å². The number of rotatable bonds is 5. The fourth-order valence-electron chi connectivity index (χ4n) is 3.94. The maximum atomic E-state index is 13.2. The van der Waals surface area contributed by atoms with Crippen LogP contribution in [0.2, 0.25) is 0 Å². The molecule has 1 saturated heterocycles. The van der Waals surface area contributed by atoms with Crippen LogP contribution < -0.4 is 5.32 Å². The summed E-state index contributed by atoms with van der Waals surface area (Å²) in [5, 5.41) is 3.26. The zero-order valence-corrected chi connectivity index (χ0v) is 15.0. The Morgan fingerprint density at radius 2 is 1.69 bits per heavy atom. The number of likely N-dealkylation sites (tertiary alicyclic amines) is 1. The van der Waals surface area contributed by atoms with Crippen LogP contribution in [0.3, 0.4) is 0 Å². The first-order chi connectivity index (χ1) is 12.7. The Morgan fingerprint density at radius 3 is 2.31 bits per heavy atom. The Kier molecular flexibility index (Phi) is 4.77. The molecule has 0 unspecified atom stereocenters. The summed E-state index contributed by atoms with van der Waals surface area (Å²) in [6, 6.07) is 17.2. The van der Waals surface area contributed by atoms with E-state index in [2.05, 4.69) is 34.5 Å². The van der Waals surface area contributed by atoms with Crippen LogP contribution in [-0.4, -0.2) is 29.9 Å². The second-order valence-electron chi connectivity index (χ2n) is 7.60. The molecule has 0 radical (unpaired) electrons. The van der Waals surface area contributed by atoms with E-state index in [1.54, 1.807) is 12.1 Å². The van der Waals surface area contributed by atoms with E-state index in [1.807, 2.05) is 6.07 Å². The molecular formula is C22H25FN2O. The van der Waals surface area contributed by atoms with E-state index in [0.717, 1.165) is 50.9 Å². The molecule has 2 aromatic carbocycles. The number of hydrogen-bond donors (Lipinski definition) is 1. The Hall–Kier alpha value is -2.20. The Morgan fingerprint density at radius 1 is 1.04 bits per heavy atom. The standard InChI is InChI=1S/C22H25FN2O/c23-19-8-6-18(7-9-19)22(12-13-22)21(26)24-20-10-14-25(15-11-20)16-17-4-2-1-3-5-17/h1-9,20H,10-16H2,(H,24,26). The first-order valence-electron chi connectivity index (χ1n) is 9.49. The minimum Gasteiger partial charge on any atom is -0.353 e.